The van der Waals surface area contributed by atoms with Crippen LogP contribution in [-0.2, 0) is 0 Å². The fourth-order valence-electron chi connectivity index (χ4n) is 1.63. The van der Waals surface area contributed by atoms with E-state index in [1.165, 1.54) is 18.2 Å². The molecule has 0 spiro atoms. The maximum absolute atomic E-state index is 13.5. The van der Waals surface area contributed by atoms with Gasteiger partial charge in [-0.3, -0.25) is 9.89 Å². The first-order valence-electron chi connectivity index (χ1n) is 5.37. The van der Waals surface area contributed by atoms with Crippen LogP contribution in [0.15, 0.2) is 18.2 Å². The first-order valence-corrected chi connectivity index (χ1v) is 5.37. The summed E-state index contributed by atoms with van der Waals surface area (Å²) >= 11 is 0. The Morgan fingerprint density at radius 1 is 1.44 bits per heavy atom. The predicted octanol–water partition coefficient (Wildman–Crippen LogP) is 2.00. The lowest BCUT2D eigenvalue weighted by Gasteiger charge is -2.06. The number of hydrogen-bond acceptors (Lipinski definition) is 3. The SMILES string of the molecule is Cc1n[nH]c(C)c1NC(=O)c1cc(N)ccc1F. The molecule has 1 heterocycles. The Kier molecular flexibility index (Phi) is 3.01. The zero-order valence-electron chi connectivity index (χ0n) is 10.0. The van der Waals surface area contributed by atoms with Crippen LogP contribution in [0.3, 0.4) is 0 Å². The van der Waals surface area contributed by atoms with Crippen LogP contribution < -0.4 is 11.1 Å². The average molecular weight is 248 g/mol. The number of benzene rings is 1. The highest BCUT2D eigenvalue weighted by Crippen LogP contribution is 2.19. The number of aromatic amines is 1. The largest absolute Gasteiger partial charge is 0.399 e. The van der Waals surface area contributed by atoms with Gasteiger partial charge < -0.3 is 11.1 Å². The Balaban J connectivity index is 2.30. The first kappa shape index (κ1) is 12.1. The molecule has 0 radical (unpaired) electrons. The molecular weight excluding hydrogens is 235 g/mol. The summed E-state index contributed by atoms with van der Waals surface area (Å²) in [5.41, 5.74) is 7.69. The van der Waals surface area contributed by atoms with Gasteiger partial charge >= 0.3 is 0 Å². The Hall–Kier alpha value is -2.37. The number of carbonyl (C=O) groups excluding carboxylic acids is 1. The van der Waals surface area contributed by atoms with Crippen LogP contribution in [0.2, 0.25) is 0 Å². The second-order valence-electron chi connectivity index (χ2n) is 4.00. The van der Waals surface area contributed by atoms with Crippen molar-refractivity contribution in [1.29, 1.82) is 0 Å². The van der Waals surface area contributed by atoms with Crippen LogP contribution in [0.1, 0.15) is 21.7 Å². The van der Waals surface area contributed by atoms with Gasteiger partial charge in [0.25, 0.3) is 5.91 Å². The average Bonchev–Trinajstić information content (AvgIpc) is 2.64. The fraction of sp³-hybridized carbons (Fsp3) is 0.167. The van der Waals surface area contributed by atoms with Crippen molar-refractivity contribution in [2.75, 3.05) is 11.1 Å². The van der Waals surface area contributed by atoms with E-state index >= 15 is 0 Å². The highest BCUT2D eigenvalue weighted by atomic mass is 19.1. The van der Waals surface area contributed by atoms with E-state index in [-0.39, 0.29) is 5.56 Å². The summed E-state index contributed by atoms with van der Waals surface area (Å²) in [7, 11) is 0. The van der Waals surface area contributed by atoms with Gasteiger partial charge in [0.2, 0.25) is 0 Å². The third kappa shape index (κ3) is 2.17. The van der Waals surface area contributed by atoms with E-state index in [2.05, 4.69) is 15.5 Å². The number of nitrogens with one attached hydrogen (secondary N) is 2. The fourth-order valence-corrected chi connectivity index (χ4v) is 1.63. The van der Waals surface area contributed by atoms with Crippen molar-refractivity contribution in [2.24, 2.45) is 0 Å². The van der Waals surface area contributed by atoms with Crippen molar-refractivity contribution in [3.63, 3.8) is 0 Å². The van der Waals surface area contributed by atoms with E-state index < -0.39 is 11.7 Å². The zero-order chi connectivity index (χ0) is 13.3. The van der Waals surface area contributed by atoms with Gasteiger partial charge in [-0.2, -0.15) is 5.10 Å². The number of aryl methyl sites for hydroxylation is 2. The van der Waals surface area contributed by atoms with Crippen molar-refractivity contribution in [3.05, 3.63) is 41.0 Å². The summed E-state index contributed by atoms with van der Waals surface area (Å²) in [5.74, 6) is -1.16. The summed E-state index contributed by atoms with van der Waals surface area (Å²) in [6.07, 6.45) is 0. The molecule has 0 atom stereocenters. The molecule has 1 aromatic carbocycles. The van der Waals surface area contributed by atoms with Gasteiger partial charge in [-0.25, -0.2) is 4.39 Å². The lowest BCUT2D eigenvalue weighted by Crippen LogP contribution is -2.15. The third-order valence-electron chi connectivity index (χ3n) is 2.60. The topological polar surface area (TPSA) is 83.8 Å². The van der Waals surface area contributed by atoms with E-state index in [1.807, 2.05) is 0 Å². The molecular formula is C12H13FN4O. The number of halogens is 1. The highest BCUT2D eigenvalue weighted by molar-refractivity contribution is 6.05. The molecule has 0 aliphatic carbocycles. The van der Waals surface area contributed by atoms with Crippen molar-refractivity contribution >= 4 is 17.3 Å². The molecule has 0 unspecified atom stereocenters. The Bertz CT molecular complexity index is 587. The van der Waals surface area contributed by atoms with E-state index in [0.717, 1.165) is 0 Å². The number of aromatic nitrogens is 2. The molecule has 2 aromatic rings. The molecule has 0 aliphatic rings. The minimum Gasteiger partial charge on any atom is -0.399 e. The maximum Gasteiger partial charge on any atom is 0.258 e. The number of anilines is 2. The summed E-state index contributed by atoms with van der Waals surface area (Å²) in [4.78, 5) is 11.9. The molecule has 0 aliphatic heterocycles. The zero-order valence-corrected chi connectivity index (χ0v) is 10.0. The molecule has 0 saturated heterocycles. The number of carbonyl (C=O) groups is 1. The summed E-state index contributed by atoms with van der Waals surface area (Å²) in [6.45, 7) is 3.51. The molecule has 6 heteroatoms. The van der Waals surface area contributed by atoms with Crippen molar-refractivity contribution < 1.29 is 9.18 Å². The maximum atomic E-state index is 13.5. The molecule has 5 nitrogen and oxygen atoms in total. The van der Waals surface area contributed by atoms with Crippen molar-refractivity contribution in [3.8, 4) is 0 Å². The lowest BCUT2D eigenvalue weighted by molar-refractivity contribution is 0.102. The second-order valence-corrected chi connectivity index (χ2v) is 4.00. The minimum atomic E-state index is -0.611. The van der Waals surface area contributed by atoms with Gasteiger partial charge in [-0.1, -0.05) is 0 Å². The van der Waals surface area contributed by atoms with Crippen LogP contribution in [0.4, 0.5) is 15.8 Å². The Morgan fingerprint density at radius 2 is 2.17 bits per heavy atom. The van der Waals surface area contributed by atoms with Crippen LogP contribution in [-0.4, -0.2) is 16.1 Å². The molecule has 0 saturated carbocycles. The van der Waals surface area contributed by atoms with Gasteiger partial charge in [0.1, 0.15) is 5.82 Å². The normalized spacial score (nSPS) is 10.4. The third-order valence-corrected chi connectivity index (χ3v) is 2.60. The molecule has 1 aromatic heterocycles. The molecule has 2 rings (SSSR count). The van der Waals surface area contributed by atoms with Crippen molar-refractivity contribution in [1.82, 2.24) is 10.2 Å². The van der Waals surface area contributed by atoms with E-state index in [9.17, 15) is 9.18 Å². The molecule has 18 heavy (non-hydrogen) atoms. The number of amides is 1. The summed E-state index contributed by atoms with van der Waals surface area (Å²) in [5, 5.41) is 9.30. The molecule has 4 N–H and O–H groups in total. The van der Waals surface area contributed by atoms with Crippen LogP contribution >= 0.6 is 0 Å². The van der Waals surface area contributed by atoms with Crippen LogP contribution in [0.25, 0.3) is 0 Å². The molecule has 94 valence electrons. The van der Waals surface area contributed by atoms with Gasteiger partial charge in [0, 0.05) is 5.69 Å². The van der Waals surface area contributed by atoms with Gasteiger partial charge in [-0.05, 0) is 32.0 Å². The van der Waals surface area contributed by atoms with Gasteiger partial charge in [0.05, 0.1) is 22.6 Å². The van der Waals surface area contributed by atoms with Crippen molar-refractivity contribution in [2.45, 2.75) is 13.8 Å². The standard InChI is InChI=1S/C12H13FN4O/c1-6-11(7(2)17-16-6)15-12(18)9-5-8(14)3-4-10(9)13/h3-5H,14H2,1-2H3,(H,15,18)(H,16,17). The predicted molar refractivity (Wildman–Crippen MR) is 66.8 cm³/mol. The summed E-state index contributed by atoms with van der Waals surface area (Å²) < 4.78 is 13.5. The van der Waals surface area contributed by atoms with Crippen LogP contribution in [0.5, 0.6) is 0 Å². The highest BCUT2D eigenvalue weighted by Gasteiger charge is 2.15. The number of nitrogens with zero attached hydrogens (tertiary/aromatic N) is 1. The number of H-pyrrole nitrogens is 1. The quantitative estimate of drug-likeness (QED) is 0.711. The Labute approximate surface area is 103 Å². The van der Waals surface area contributed by atoms with E-state index in [0.29, 0.717) is 22.8 Å². The number of nitrogen functional groups attached to an aromatic ring is 1. The summed E-state index contributed by atoms with van der Waals surface area (Å²) in [6, 6.07) is 3.87. The number of hydrogen-bond donors (Lipinski definition) is 3. The van der Waals surface area contributed by atoms with Gasteiger partial charge in [0.15, 0.2) is 0 Å². The first-order chi connectivity index (χ1) is 8.49. The van der Waals surface area contributed by atoms with Gasteiger partial charge in [-0.15, -0.1) is 0 Å². The number of rotatable bonds is 2. The molecule has 0 fully saturated rings. The Morgan fingerprint density at radius 3 is 2.78 bits per heavy atom. The molecule has 0 bridgehead atoms. The lowest BCUT2D eigenvalue weighted by atomic mass is 10.1. The second kappa shape index (κ2) is 4.48. The van der Waals surface area contributed by atoms with Crippen LogP contribution in [0, 0.1) is 19.7 Å². The van der Waals surface area contributed by atoms with E-state index in [4.69, 9.17) is 5.73 Å². The number of nitrogens with two attached hydrogens (primary N) is 1. The molecule has 1 amide bonds. The monoisotopic (exact) mass is 248 g/mol. The van der Waals surface area contributed by atoms with E-state index in [1.54, 1.807) is 13.8 Å². The minimum absolute atomic E-state index is 0.0880. The smallest absolute Gasteiger partial charge is 0.258 e.